The van der Waals surface area contributed by atoms with E-state index >= 15 is 0 Å². The van der Waals surface area contributed by atoms with Crippen LogP contribution in [0.5, 0.6) is 0 Å². The fourth-order valence-corrected chi connectivity index (χ4v) is 5.54. The Morgan fingerprint density at radius 3 is 2.50 bits per heavy atom. The molecule has 0 aromatic heterocycles. The first-order valence-electron chi connectivity index (χ1n) is 10.4. The Bertz CT molecular complexity index is 609. The summed E-state index contributed by atoms with van der Waals surface area (Å²) in [5, 5.41) is 0. The van der Waals surface area contributed by atoms with Gasteiger partial charge in [-0.2, -0.15) is 0 Å². The zero-order valence-corrected chi connectivity index (χ0v) is 16.0. The van der Waals surface area contributed by atoms with E-state index in [0.29, 0.717) is 11.6 Å². The second-order valence-electron chi connectivity index (χ2n) is 8.29. The van der Waals surface area contributed by atoms with E-state index in [2.05, 4.69) is 21.9 Å². The van der Waals surface area contributed by atoms with Crippen molar-refractivity contribution < 1.29 is 9.53 Å². The molecule has 2 heterocycles. The molecule has 142 valence electrons. The van der Waals surface area contributed by atoms with Gasteiger partial charge in [0.15, 0.2) is 0 Å². The molecule has 2 aliphatic heterocycles. The number of fused-ring (bicyclic) bond motifs is 1. The zero-order chi connectivity index (χ0) is 17.9. The Kier molecular flexibility index (Phi) is 5.60. The monoisotopic (exact) mass is 356 g/mol. The van der Waals surface area contributed by atoms with Crippen molar-refractivity contribution in [2.75, 3.05) is 26.7 Å². The van der Waals surface area contributed by atoms with E-state index in [1.165, 1.54) is 77.3 Å². The molecule has 3 fully saturated rings. The van der Waals surface area contributed by atoms with E-state index in [-0.39, 0.29) is 5.97 Å². The van der Waals surface area contributed by atoms with Crippen molar-refractivity contribution in [3.05, 3.63) is 35.4 Å². The van der Waals surface area contributed by atoms with Crippen molar-refractivity contribution >= 4 is 5.97 Å². The van der Waals surface area contributed by atoms with Crippen molar-refractivity contribution in [3.8, 4) is 0 Å². The highest BCUT2D eigenvalue weighted by Gasteiger charge is 2.42. The molecule has 4 nitrogen and oxygen atoms in total. The van der Waals surface area contributed by atoms with Gasteiger partial charge in [-0.3, -0.25) is 9.80 Å². The van der Waals surface area contributed by atoms with Gasteiger partial charge in [0.25, 0.3) is 0 Å². The molecule has 2 saturated heterocycles. The first-order chi connectivity index (χ1) is 12.8. The summed E-state index contributed by atoms with van der Waals surface area (Å²) >= 11 is 0. The Hall–Kier alpha value is -1.39. The van der Waals surface area contributed by atoms with Crippen LogP contribution in [0, 0.1) is 5.92 Å². The molecule has 0 N–H and O–H groups in total. The number of nitrogens with zero attached hydrogens (tertiary/aromatic N) is 2. The van der Waals surface area contributed by atoms with E-state index in [4.69, 9.17) is 4.74 Å². The van der Waals surface area contributed by atoms with Crippen molar-refractivity contribution in [1.82, 2.24) is 9.80 Å². The van der Waals surface area contributed by atoms with Crippen molar-refractivity contribution in [1.29, 1.82) is 0 Å². The fourth-order valence-electron chi connectivity index (χ4n) is 5.54. The maximum absolute atomic E-state index is 11.7. The number of ether oxygens (including phenoxy) is 1. The Morgan fingerprint density at radius 2 is 1.77 bits per heavy atom. The summed E-state index contributed by atoms with van der Waals surface area (Å²) in [7, 11) is 1.44. The smallest absolute Gasteiger partial charge is 0.337 e. The van der Waals surface area contributed by atoms with Crippen LogP contribution in [0.3, 0.4) is 0 Å². The average molecular weight is 357 g/mol. The number of hydrogen-bond donors (Lipinski definition) is 0. The molecule has 0 unspecified atom stereocenters. The molecule has 3 aliphatic rings. The third-order valence-corrected chi connectivity index (χ3v) is 6.80. The standard InChI is InChI=1S/C22H32N2O2/c1-26-22(25)19-11-9-17(10-12-19)16-24-15-14-23-13-5-8-20(23)21(24)18-6-3-2-4-7-18/h9-12,18,20-21H,2-8,13-16H2,1H3/t20-,21+/m0/s1. The van der Waals surface area contributed by atoms with Crippen LogP contribution in [-0.2, 0) is 11.3 Å². The summed E-state index contributed by atoms with van der Waals surface area (Å²) in [5.74, 6) is 0.611. The van der Waals surface area contributed by atoms with Crippen molar-refractivity contribution in [2.24, 2.45) is 5.92 Å². The molecule has 4 rings (SSSR count). The summed E-state index contributed by atoms with van der Waals surface area (Å²) < 4.78 is 4.81. The summed E-state index contributed by atoms with van der Waals surface area (Å²) in [6.07, 6.45) is 9.81. The quantitative estimate of drug-likeness (QED) is 0.770. The minimum atomic E-state index is -0.254. The third-order valence-electron chi connectivity index (χ3n) is 6.80. The largest absolute Gasteiger partial charge is 0.465 e. The van der Waals surface area contributed by atoms with Crippen molar-refractivity contribution in [2.45, 2.75) is 63.6 Å². The summed E-state index contributed by atoms with van der Waals surface area (Å²) in [5.41, 5.74) is 1.95. The number of carbonyl (C=O) groups excluding carboxylic acids is 1. The predicted octanol–water partition coefficient (Wildman–Crippen LogP) is 3.70. The minimum Gasteiger partial charge on any atom is -0.465 e. The molecule has 4 heteroatoms. The molecule has 1 saturated carbocycles. The topological polar surface area (TPSA) is 32.8 Å². The van der Waals surface area contributed by atoms with Crippen molar-refractivity contribution in [3.63, 3.8) is 0 Å². The van der Waals surface area contributed by atoms with Crippen LogP contribution >= 0.6 is 0 Å². The molecule has 0 amide bonds. The lowest BCUT2D eigenvalue weighted by atomic mass is 9.78. The van der Waals surface area contributed by atoms with Gasteiger partial charge in [0.05, 0.1) is 12.7 Å². The second kappa shape index (κ2) is 8.10. The second-order valence-corrected chi connectivity index (χ2v) is 8.29. The number of methoxy groups -OCH3 is 1. The summed E-state index contributed by atoms with van der Waals surface area (Å²) in [6.45, 7) is 4.70. The maximum Gasteiger partial charge on any atom is 0.337 e. The van der Waals surface area contributed by atoms with Gasteiger partial charge in [-0.1, -0.05) is 31.4 Å². The van der Waals surface area contributed by atoms with Crippen LogP contribution in [0.1, 0.15) is 60.9 Å². The molecule has 2 atom stereocenters. The summed E-state index contributed by atoms with van der Waals surface area (Å²) in [6, 6.07) is 9.50. The van der Waals surface area contributed by atoms with E-state index in [1.54, 1.807) is 0 Å². The SMILES string of the molecule is COC(=O)c1ccc(CN2CCN3CCC[C@H]3[C@H]2C2CCCCC2)cc1. The maximum atomic E-state index is 11.7. The highest BCUT2D eigenvalue weighted by molar-refractivity contribution is 5.89. The van der Waals surface area contributed by atoms with E-state index in [1.807, 2.05) is 12.1 Å². The van der Waals surface area contributed by atoms with Crippen LogP contribution in [-0.4, -0.2) is 54.6 Å². The number of rotatable bonds is 4. The Balaban J connectivity index is 1.50. The lowest BCUT2D eigenvalue weighted by Crippen LogP contribution is -2.59. The minimum absolute atomic E-state index is 0.254. The van der Waals surface area contributed by atoms with Crippen LogP contribution in [0.25, 0.3) is 0 Å². The number of esters is 1. The van der Waals surface area contributed by atoms with Crippen LogP contribution in [0.2, 0.25) is 0 Å². The van der Waals surface area contributed by atoms with Gasteiger partial charge in [0, 0.05) is 31.7 Å². The van der Waals surface area contributed by atoms with Gasteiger partial charge in [-0.15, -0.1) is 0 Å². The average Bonchev–Trinajstić information content (AvgIpc) is 3.17. The molecule has 0 bridgehead atoms. The van der Waals surface area contributed by atoms with Crippen LogP contribution < -0.4 is 0 Å². The van der Waals surface area contributed by atoms with Gasteiger partial charge in [-0.25, -0.2) is 4.79 Å². The lowest BCUT2D eigenvalue weighted by molar-refractivity contribution is -0.00380. The van der Waals surface area contributed by atoms with E-state index < -0.39 is 0 Å². The molecule has 1 aromatic rings. The van der Waals surface area contributed by atoms with Crippen LogP contribution in [0.4, 0.5) is 0 Å². The first-order valence-corrected chi connectivity index (χ1v) is 10.4. The molecule has 0 radical (unpaired) electrons. The van der Waals surface area contributed by atoms with Gasteiger partial charge in [-0.05, 0) is 55.8 Å². The molecule has 26 heavy (non-hydrogen) atoms. The Labute approximate surface area is 157 Å². The van der Waals surface area contributed by atoms with E-state index in [9.17, 15) is 4.79 Å². The molecule has 0 spiro atoms. The molecular weight excluding hydrogens is 324 g/mol. The Morgan fingerprint density at radius 1 is 1.00 bits per heavy atom. The number of benzene rings is 1. The number of piperazine rings is 1. The number of carbonyl (C=O) groups is 1. The highest BCUT2D eigenvalue weighted by atomic mass is 16.5. The third kappa shape index (κ3) is 3.67. The van der Waals surface area contributed by atoms with Gasteiger partial charge in [0.1, 0.15) is 0 Å². The zero-order valence-electron chi connectivity index (χ0n) is 16.0. The van der Waals surface area contributed by atoms with Gasteiger partial charge >= 0.3 is 5.97 Å². The molecule has 1 aromatic carbocycles. The molecular formula is C22H32N2O2. The van der Waals surface area contributed by atoms with Gasteiger partial charge < -0.3 is 4.74 Å². The molecule has 1 aliphatic carbocycles. The van der Waals surface area contributed by atoms with E-state index in [0.717, 1.165) is 18.5 Å². The highest BCUT2D eigenvalue weighted by Crippen LogP contribution is 2.38. The number of hydrogen-bond acceptors (Lipinski definition) is 4. The van der Waals surface area contributed by atoms with Gasteiger partial charge in [0.2, 0.25) is 0 Å². The fraction of sp³-hybridized carbons (Fsp3) is 0.682. The summed E-state index contributed by atoms with van der Waals surface area (Å²) in [4.78, 5) is 17.2. The predicted molar refractivity (Wildman–Crippen MR) is 103 cm³/mol. The first kappa shape index (κ1) is 18.0. The lowest BCUT2D eigenvalue weighted by Gasteiger charge is -2.49. The van der Waals surface area contributed by atoms with Crippen LogP contribution in [0.15, 0.2) is 24.3 Å². The normalized spacial score (nSPS) is 28.0.